The molecule has 1 saturated carbocycles. The third-order valence-electron chi connectivity index (χ3n) is 3.74. The van der Waals surface area contributed by atoms with Crippen LogP contribution in [0.4, 0.5) is 0 Å². The summed E-state index contributed by atoms with van der Waals surface area (Å²) < 4.78 is 0. The van der Waals surface area contributed by atoms with Gasteiger partial charge >= 0.3 is 0 Å². The normalized spacial score (nSPS) is 17.1. The molecule has 1 unspecified atom stereocenters. The first-order valence-corrected chi connectivity index (χ1v) is 7.80. The van der Waals surface area contributed by atoms with Gasteiger partial charge in [0.1, 0.15) is 0 Å². The minimum absolute atomic E-state index is 0.478. The molecule has 3 nitrogen and oxygen atoms in total. The highest BCUT2D eigenvalue weighted by Crippen LogP contribution is 2.24. The zero-order chi connectivity index (χ0) is 14.4. The molecule has 2 N–H and O–H groups in total. The largest absolute Gasteiger partial charge is 0.357 e. The van der Waals surface area contributed by atoms with Crippen molar-refractivity contribution in [3.8, 4) is 0 Å². The molecule has 0 spiro atoms. The van der Waals surface area contributed by atoms with Crippen LogP contribution in [-0.4, -0.2) is 25.1 Å². The smallest absolute Gasteiger partial charge is 0.191 e. The quantitative estimate of drug-likeness (QED) is 0.617. The van der Waals surface area contributed by atoms with Crippen LogP contribution in [0, 0.1) is 5.92 Å². The van der Waals surface area contributed by atoms with E-state index < -0.39 is 0 Å². The second-order valence-electron chi connectivity index (χ2n) is 5.90. The van der Waals surface area contributed by atoms with Crippen molar-refractivity contribution in [3.63, 3.8) is 0 Å². The molecule has 0 saturated heterocycles. The predicted octanol–water partition coefficient (Wildman–Crippen LogP) is 3.14. The van der Waals surface area contributed by atoms with E-state index in [1.54, 1.807) is 0 Å². The summed E-state index contributed by atoms with van der Waals surface area (Å²) in [5.41, 5.74) is 1.38. The van der Waals surface area contributed by atoms with Crippen LogP contribution < -0.4 is 10.6 Å². The molecule has 2 rings (SSSR count). The Labute approximate surface area is 122 Å². The molecule has 3 heteroatoms. The van der Waals surface area contributed by atoms with Gasteiger partial charge in [-0.3, -0.25) is 4.99 Å². The van der Waals surface area contributed by atoms with Gasteiger partial charge in [0.15, 0.2) is 5.96 Å². The summed E-state index contributed by atoms with van der Waals surface area (Å²) in [5.74, 6) is 2.03. The lowest BCUT2D eigenvalue weighted by Crippen LogP contribution is -2.38. The van der Waals surface area contributed by atoms with Crippen LogP contribution in [0.1, 0.15) is 45.1 Å². The maximum atomic E-state index is 4.79. The molecule has 0 heterocycles. The summed E-state index contributed by atoms with van der Waals surface area (Å²) in [6, 6.07) is 11.4. The molecular formula is C17H27N3. The number of aliphatic imine (C=N–C) groups is 1. The summed E-state index contributed by atoms with van der Waals surface area (Å²) in [6.07, 6.45) is 2.55. The van der Waals surface area contributed by atoms with Gasteiger partial charge in [-0.2, -0.15) is 0 Å². The van der Waals surface area contributed by atoms with Gasteiger partial charge in [-0.25, -0.2) is 0 Å². The fraction of sp³-hybridized carbons (Fsp3) is 0.588. The van der Waals surface area contributed by atoms with E-state index in [9.17, 15) is 0 Å². The Hall–Kier alpha value is -1.51. The molecule has 20 heavy (non-hydrogen) atoms. The van der Waals surface area contributed by atoms with Gasteiger partial charge in [-0.15, -0.1) is 0 Å². The highest BCUT2D eigenvalue weighted by Gasteiger charge is 2.22. The molecule has 1 aromatic rings. The average molecular weight is 273 g/mol. The number of nitrogens with one attached hydrogen (secondary N) is 2. The number of rotatable bonds is 6. The van der Waals surface area contributed by atoms with Crippen molar-refractivity contribution >= 4 is 5.96 Å². The van der Waals surface area contributed by atoms with E-state index in [1.807, 2.05) is 0 Å². The SMILES string of the molecule is CCNC(=NCC(c1ccccc1)C(C)C)NC1CC1. The van der Waals surface area contributed by atoms with Crippen LogP contribution in [0.15, 0.2) is 35.3 Å². The minimum atomic E-state index is 0.478. The van der Waals surface area contributed by atoms with Crippen LogP contribution in [0.3, 0.4) is 0 Å². The maximum Gasteiger partial charge on any atom is 0.191 e. The summed E-state index contributed by atoms with van der Waals surface area (Å²) in [7, 11) is 0. The molecule has 0 radical (unpaired) electrons. The minimum Gasteiger partial charge on any atom is -0.357 e. The molecule has 1 fully saturated rings. The first kappa shape index (κ1) is 14.9. The first-order valence-electron chi connectivity index (χ1n) is 7.80. The average Bonchev–Trinajstić information content (AvgIpc) is 3.24. The van der Waals surface area contributed by atoms with Crippen LogP contribution in [0.2, 0.25) is 0 Å². The van der Waals surface area contributed by atoms with E-state index in [1.165, 1.54) is 18.4 Å². The lowest BCUT2D eigenvalue weighted by Gasteiger charge is -2.20. The van der Waals surface area contributed by atoms with Crippen molar-refractivity contribution in [3.05, 3.63) is 35.9 Å². The zero-order valence-electron chi connectivity index (χ0n) is 12.9. The van der Waals surface area contributed by atoms with Crippen LogP contribution >= 0.6 is 0 Å². The highest BCUT2D eigenvalue weighted by molar-refractivity contribution is 5.80. The third-order valence-corrected chi connectivity index (χ3v) is 3.74. The Morgan fingerprint density at radius 3 is 2.50 bits per heavy atom. The van der Waals surface area contributed by atoms with E-state index in [2.05, 4.69) is 61.7 Å². The van der Waals surface area contributed by atoms with Gasteiger partial charge < -0.3 is 10.6 Å². The Morgan fingerprint density at radius 2 is 1.95 bits per heavy atom. The van der Waals surface area contributed by atoms with E-state index in [0.29, 0.717) is 17.9 Å². The van der Waals surface area contributed by atoms with Gasteiger partial charge in [0.05, 0.1) is 0 Å². The second-order valence-corrected chi connectivity index (χ2v) is 5.90. The van der Waals surface area contributed by atoms with Gasteiger partial charge in [-0.05, 0) is 31.2 Å². The molecule has 0 bridgehead atoms. The fourth-order valence-corrected chi connectivity index (χ4v) is 2.33. The summed E-state index contributed by atoms with van der Waals surface area (Å²) >= 11 is 0. The van der Waals surface area contributed by atoms with Crippen molar-refractivity contribution < 1.29 is 0 Å². The Bertz CT molecular complexity index is 421. The van der Waals surface area contributed by atoms with E-state index in [-0.39, 0.29) is 0 Å². The van der Waals surface area contributed by atoms with Crippen molar-refractivity contribution in [2.75, 3.05) is 13.1 Å². The zero-order valence-corrected chi connectivity index (χ0v) is 12.9. The van der Waals surface area contributed by atoms with Gasteiger partial charge in [-0.1, -0.05) is 44.2 Å². The highest BCUT2D eigenvalue weighted by atomic mass is 15.2. The van der Waals surface area contributed by atoms with Gasteiger partial charge in [0.2, 0.25) is 0 Å². The Morgan fingerprint density at radius 1 is 1.25 bits per heavy atom. The van der Waals surface area contributed by atoms with Crippen molar-refractivity contribution in [1.29, 1.82) is 0 Å². The third kappa shape index (κ3) is 4.55. The molecule has 0 aromatic heterocycles. The molecular weight excluding hydrogens is 246 g/mol. The van der Waals surface area contributed by atoms with Crippen molar-refractivity contribution in [2.24, 2.45) is 10.9 Å². The monoisotopic (exact) mass is 273 g/mol. The van der Waals surface area contributed by atoms with Crippen LogP contribution in [-0.2, 0) is 0 Å². The number of nitrogens with zero attached hydrogens (tertiary/aromatic N) is 1. The summed E-state index contributed by atoms with van der Waals surface area (Å²) in [6.45, 7) is 8.41. The number of benzene rings is 1. The molecule has 1 aliphatic carbocycles. The lowest BCUT2D eigenvalue weighted by atomic mass is 9.88. The maximum absolute atomic E-state index is 4.79. The molecule has 0 aliphatic heterocycles. The molecule has 110 valence electrons. The van der Waals surface area contributed by atoms with E-state index in [0.717, 1.165) is 19.0 Å². The predicted molar refractivity (Wildman–Crippen MR) is 86.2 cm³/mol. The molecule has 1 atom stereocenters. The lowest BCUT2D eigenvalue weighted by molar-refractivity contribution is 0.505. The van der Waals surface area contributed by atoms with E-state index >= 15 is 0 Å². The first-order chi connectivity index (χ1) is 9.70. The summed E-state index contributed by atoms with van der Waals surface area (Å²) in [5, 5.41) is 6.82. The number of hydrogen-bond acceptors (Lipinski definition) is 1. The van der Waals surface area contributed by atoms with Crippen LogP contribution in [0.25, 0.3) is 0 Å². The van der Waals surface area contributed by atoms with Crippen molar-refractivity contribution in [2.45, 2.75) is 45.6 Å². The standard InChI is InChI=1S/C17H27N3/c1-4-18-17(20-15-10-11-15)19-12-16(13(2)3)14-8-6-5-7-9-14/h5-9,13,15-16H,4,10-12H2,1-3H3,(H2,18,19,20). The molecule has 1 aromatic carbocycles. The number of guanidine groups is 1. The van der Waals surface area contributed by atoms with Gasteiger partial charge in [0, 0.05) is 25.0 Å². The van der Waals surface area contributed by atoms with E-state index in [4.69, 9.17) is 4.99 Å². The van der Waals surface area contributed by atoms with Gasteiger partial charge in [0.25, 0.3) is 0 Å². The Kier molecular flexibility index (Phi) is 5.45. The number of hydrogen-bond donors (Lipinski definition) is 2. The molecule has 0 amide bonds. The Balaban J connectivity index is 2.02. The molecule has 1 aliphatic rings. The van der Waals surface area contributed by atoms with Crippen LogP contribution in [0.5, 0.6) is 0 Å². The summed E-state index contributed by atoms with van der Waals surface area (Å²) in [4.78, 5) is 4.79. The fourth-order valence-electron chi connectivity index (χ4n) is 2.33. The topological polar surface area (TPSA) is 36.4 Å². The van der Waals surface area contributed by atoms with Crippen molar-refractivity contribution in [1.82, 2.24) is 10.6 Å². The second kappa shape index (κ2) is 7.32.